The molecule has 0 spiro atoms. The molecule has 0 bridgehead atoms. The highest BCUT2D eigenvalue weighted by atomic mass is 32.1. The van der Waals surface area contributed by atoms with Gasteiger partial charge in [-0.05, 0) is 61.9 Å². The summed E-state index contributed by atoms with van der Waals surface area (Å²) in [7, 11) is 3.99. The van der Waals surface area contributed by atoms with Gasteiger partial charge in [-0.25, -0.2) is 9.78 Å². The average molecular weight is 465 g/mol. The van der Waals surface area contributed by atoms with Crippen LogP contribution in [0.15, 0.2) is 48.5 Å². The fraction of sp³-hybridized carbons (Fsp3) is 0.400. The lowest BCUT2D eigenvalue weighted by atomic mass is 9.91. The van der Waals surface area contributed by atoms with E-state index in [0.717, 1.165) is 54.5 Å². The van der Waals surface area contributed by atoms with E-state index in [4.69, 9.17) is 9.97 Å². The lowest BCUT2D eigenvalue weighted by Gasteiger charge is -2.34. The number of hydrogen-bond donors (Lipinski definition) is 3. The van der Waals surface area contributed by atoms with E-state index in [1.165, 1.54) is 5.56 Å². The molecule has 2 amide bonds. The maximum Gasteiger partial charge on any atom is 0.331 e. The van der Waals surface area contributed by atoms with Gasteiger partial charge in [0.05, 0.1) is 5.52 Å². The monoisotopic (exact) mass is 464 g/mol. The van der Waals surface area contributed by atoms with Gasteiger partial charge in [0.2, 0.25) is 5.95 Å². The van der Waals surface area contributed by atoms with Crippen molar-refractivity contribution in [3.05, 3.63) is 54.1 Å². The second kappa shape index (κ2) is 10.3. The molecule has 2 N–H and O–H groups in total. The van der Waals surface area contributed by atoms with E-state index < -0.39 is 0 Å². The van der Waals surface area contributed by atoms with Gasteiger partial charge in [-0.1, -0.05) is 44.0 Å². The Morgan fingerprint density at radius 2 is 1.73 bits per heavy atom. The molecule has 3 aromatic rings. The lowest BCUT2D eigenvalue weighted by molar-refractivity contribution is 0.217. The Morgan fingerprint density at radius 1 is 1.03 bits per heavy atom. The number of nitrogens with zero attached hydrogens (tertiary/aromatic N) is 4. The molecule has 0 aliphatic heterocycles. The number of aryl methyl sites for hydroxylation is 1. The number of hydrogen-bond acceptors (Lipinski definition) is 6. The van der Waals surface area contributed by atoms with E-state index in [1.54, 1.807) is 4.31 Å². The second-order valence-electron chi connectivity index (χ2n) is 8.76. The summed E-state index contributed by atoms with van der Waals surface area (Å²) in [4.78, 5) is 24.1. The molecule has 1 fully saturated rings. The standard InChI is InChI=1S/C25H32N6OS/c1-4-17-9-11-19(12-10-17)27-25(32)31(33)20-15-13-18(14-16-20)26-24-28-22-8-6-5-7-21(22)23(29-24)30(2)3/h5-12,18,20,33H,4,13-16H2,1-3H3,(H,27,32)(H,26,28,29). The van der Waals surface area contributed by atoms with Crippen molar-refractivity contribution in [1.29, 1.82) is 0 Å². The van der Waals surface area contributed by atoms with Crippen molar-refractivity contribution in [3.63, 3.8) is 0 Å². The first-order chi connectivity index (χ1) is 15.9. The molecule has 1 heterocycles. The molecule has 0 unspecified atom stereocenters. The zero-order chi connectivity index (χ0) is 23.4. The molecule has 1 aliphatic carbocycles. The second-order valence-corrected chi connectivity index (χ2v) is 9.19. The number of fused-ring (bicyclic) bond motifs is 1. The quantitative estimate of drug-likeness (QED) is 0.428. The summed E-state index contributed by atoms with van der Waals surface area (Å²) in [5, 5.41) is 7.50. The minimum atomic E-state index is -0.188. The summed E-state index contributed by atoms with van der Waals surface area (Å²) in [6, 6.07) is 16.2. The number of anilines is 3. The molecule has 2 aromatic carbocycles. The number of rotatable bonds is 6. The molecule has 33 heavy (non-hydrogen) atoms. The zero-order valence-corrected chi connectivity index (χ0v) is 20.3. The van der Waals surface area contributed by atoms with Crippen LogP contribution in [-0.4, -0.2) is 46.5 Å². The van der Waals surface area contributed by atoms with Crippen molar-refractivity contribution < 1.29 is 4.79 Å². The molecular weight excluding hydrogens is 432 g/mol. The molecular formula is C25H32N6OS. The van der Waals surface area contributed by atoms with Crippen molar-refractivity contribution in [2.24, 2.45) is 0 Å². The maximum absolute atomic E-state index is 12.7. The van der Waals surface area contributed by atoms with E-state index in [1.807, 2.05) is 67.5 Å². The summed E-state index contributed by atoms with van der Waals surface area (Å²) in [5.41, 5.74) is 2.96. The Labute approximate surface area is 201 Å². The first kappa shape index (κ1) is 23.2. The number of aromatic nitrogens is 2. The molecule has 174 valence electrons. The number of amides is 2. The van der Waals surface area contributed by atoms with Crippen molar-refractivity contribution in [2.75, 3.05) is 29.6 Å². The van der Waals surface area contributed by atoms with Crippen LogP contribution in [0.2, 0.25) is 0 Å². The molecule has 7 nitrogen and oxygen atoms in total. The van der Waals surface area contributed by atoms with Gasteiger partial charge in [0.25, 0.3) is 0 Å². The summed E-state index contributed by atoms with van der Waals surface area (Å²) >= 11 is 4.51. The van der Waals surface area contributed by atoms with E-state index in [2.05, 4.69) is 30.4 Å². The van der Waals surface area contributed by atoms with Crippen LogP contribution in [0.25, 0.3) is 10.9 Å². The fourth-order valence-electron chi connectivity index (χ4n) is 4.28. The van der Waals surface area contributed by atoms with Crippen molar-refractivity contribution in [3.8, 4) is 0 Å². The lowest BCUT2D eigenvalue weighted by Crippen LogP contribution is -2.40. The third-order valence-electron chi connectivity index (χ3n) is 6.20. The average Bonchev–Trinajstić information content (AvgIpc) is 2.84. The molecule has 0 atom stereocenters. The van der Waals surface area contributed by atoms with Gasteiger partial charge < -0.3 is 15.5 Å². The van der Waals surface area contributed by atoms with Gasteiger partial charge in [-0.2, -0.15) is 4.98 Å². The van der Waals surface area contributed by atoms with Crippen LogP contribution in [0.3, 0.4) is 0 Å². The van der Waals surface area contributed by atoms with Crippen molar-refractivity contribution in [1.82, 2.24) is 14.3 Å². The fourth-order valence-corrected chi connectivity index (χ4v) is 4.56. The largest absolute Gasteiger partial charge is 0.362 e. The molecule has 4 rings (SSSR count). The highest BCUT2D eigenvalue weighted by Gasteiger charge is 2.28. The summed E-state index contributed by atoms with van der Waals surface area (Å²) in [5.74, 6) is 1.55. The first-order valence-electron chi connectivity index (χ1n) is 11.5. The number of nitrogens with one attached hydrogen (secondary N) is 2. The van der Waals surface area contributed by atoms with Crippen LogP contribution in [-0.2, 0) is 6.42 Å². The zero-order valence-electron chi connectivity index (χ0n) is 19.5. The Kier molecular flexibility index (Phi) is 7.23. The Morgan fingerprint density at radius 3 is 2.39 bits per heavy atom. The van der Waals surface area contributed by atoms with Gasteiger partial charge in [0, 0.05) is 37.3 Å². The Bertz CT molecular complexity index is 1100. The highest BCUT2D eigenvalue weighted by molar-refractivity contribution is 7.78. The van der Waals surface area contributed by atoms with Crippen LogP contribution < -0.4 is 15.5 Å². The minimum absolute atomic E-state index is 0.0937. The van der Waals surface area contributed by atoms with Crippen LogP contribution in [0.5, 0.6) is 0 Å². The summed E-state index contributed by atoms with van der Waals surface area (Å²) in [6.45, 7) is 2.11. The van der Waals surface area contributed by atoms with E-state index in [-0.39, 0.29) is 18.1 Å². The predicted molar refractivity (Wildman–Crippen MR) is 139 cm³/mol. The number of urea groups is 1. The van der Waals surface area contributed by atoms with Gasteiger partial charge in [0.15, 0.2) is 0 Å². The highest BCUT2D eigenvalue weighted by Crippen LogP contribution is 2.29. The number of carbonyl (C=O) groups excluding carboxylic acids is 1. The molecule has 0 saturated heterocycles. The third kappa shape index (κ3) is 5.50. The summed E-state index contributed by atoms with van der Waals surface area (Å²) in [6.07, 6.45) is 4.57. The number of benzene rings is 2. The van der Waals surface area contributed by atoms with Gasteiger partial charge in [-0.3, -0.25) is 4.31 Å². The first-order valence-corrected chi connectivity index (χ1v) is 11.9. The molecule has 1 saturated carbocycles. The number of para-hydroxylation sites is 1. The van der Waals surface area contributed by atoms with E-state index >= 15 is 0 Å². The van der Waals surface area contributed by atoms with Crippen LogP contribution in [0.4, 0.5) is 22.2 Å². The SMILES string of the molecule is CCc1ccc(NC(=O)N(S)C2CCC(Nc3nc(N(C)C)c4ccccc4n3)CC2)cc1. The van der Waals surface area contributed by atoms with Crippen LogP contribution in [0.1, 0.15) is 38.2 Å². The number of carbonyl (C=O) groups is 1. The molecule has 1 aromatic heterocycles. The number of thiol groups is 1. The van der Waals surface area contributed by atoms with Gasteiger partial charge in [0.1, 0.15) is 5.82 Å². The van der Waals surface area contributed by atoms with Crippen molar-refractivity contribution >= 4 is 47.2 Å². The third-order valence-corrected chi connectivity index (χ3v) is 6.71. The smallest absolute Gasteiger partial charge is 0.331 e. The molecule has 1 aliphatic rings. The normalized spacial score (nSPS) is 18.1. The minimum Gasteiger partial charge on any atom is -0.362 e. The predicted octanol–water partition coefficient (Wildman–Crippen LogP) is 5.36. The van der Waals surface area contributed by atoms with E-state index in [9.17, 15) is 4.79 Å². The van der Waals surface area contributed by atoms with Gasteiger partial charge >= 0.3 is 6.03 Å². The maximum atomic E-state index is 12.7. The summed E-state index contributed by atoms with van der Waals surface area (Å²) < 4.78 is 1.54. The topological polar surface area (TPSA) is 73.4 Å². The van der Waals surface area contributed by atoms with Crippen LogP contribution >= 0.6 is 12.8 Å². The molecule has 8 heteroatoms. The van der Waals surface area contributed by atoms with E-state index in [0.29, 0.717) is 5.95 Å². The van der Waals surface area contributed by atoms with Crippen LogP contribution in [0, 0.1) is 0 Å². The van der Waals surface area contributed by atoms with Crippen molar-refractivity contribution in [2.45, 2.75) is 51.1 Å². The van der Waals surface area contributed by atoms with Gasteiger partial charge in [-0.15, -0.1) is 0 Å². The molecule has 0 radical (unpaired) electrons. The Hall–Kier alpha value is -3.00. The Balaban J connectivity index is 1.34.